The van der Waals surface area contributed by atoms with Crippen LogP contribution in [0.4, 0.5) is 5.69 Å². The molecule has 27 heavy (non-hydrogen) atoms. The van der Waals surface area contributed by atoms with Gasteiger partial charge in [0.25, 0.3) is 0 Å². The number of allylic oxidation sites excluding steroid dienone is 1. The van der Waals surface area contributed by atoms with E-state index in [0.717, 1.165) is 11.2 Å². The van der Waals surface area contributed by atoms with Crippen LogP contribution in [0.5, 0.6) is 0 Å². The third kappa shape index (κ3) is 3.90. The van der Waals surface area contributed by atoms with Gasteiger partial charge in [0.05, 0.1) is 16.6 Å². The first-order chi connectivity index (χ1) is 13.0. The number of imidazole rings is 1. The predicted molar refractivity (Wildman–Crippen MR) is 102 cm³/mol. The van der Waals surface area contributed by atoms with E-state index >= 15 is 0 Å². The zero-order valence-corrected chi connectivity index (χ0v) is 14.9. The number of fused-ring (bicyclic) bond motifs is 1. The predicted octanol–water partition coefficient (Wildman–Crippen LogP) is 3.28. The van der Waals surface area contributed by atoms with Crippen molar-refractivity contribution in [3.05, 3.63) is 65.7 Å². The van der Waals surface area contributed by atoms with Crippen molar-refractivity contribution >= 4 is 28.3 Å². The number of aliphatic hydroxyl groups is 1. The van der Waals surface area contributed by atoms with Crippen molar-refractivity contribution in [2.45, 2.75) is 0 Å². The van der Waals surface area contributed by atoms with Gasteiger partial charge in [-0.1, -0.05) is 12.1 Å². The van der Waals surface area contributed by atoms with E-state index < -0.39 is 12.6 Å². The molecule has 0 aliphatic heterocycles. The highest BCUT2D eigenvalue weighted by Crippen LogP contribution is 2.19. The van der Waals surface area contributed by atoms with Crippen molar-refractivity contribution in [3.8, 4) is 6.07 Å². The molecule has 0 aliphatic carbocycles. The van der Waals surface area contributed by atoms with Crippen LogP contribution in [0.2, 0.25) is 0 Å². The summed E-state index contributed by atoms with van der Waals surface area (Å²) < 4.78 is 5.12. The van der Waals surface area contributed by atoms with Crippen molar-refractivity contribution in [1.82, 2.24) is 9.97 Å². The molecule has 0 radical (unpaired) electrons. The zero-order valence-electron chi connectivity index (χ0n) is 14.9. The molecule has 136 valence electrons. The molecule has 7 nitrogen and oxygen atoms in total. The number of carbonyl (C=O) groups excluding carboxylic acids is 1. The fraction of sp³-hybridized carbons (Fsp3) is 0.150. The number of para-hydroxylation sites is 2. The number of ether oxygens (including phenoxy) is 1. The minimum Gasteiger partial charge on any atom is -0.507 e. The maximum absolute atomic E-state index is 12.1. The smallest absolute Gasteiger partial charge is 0.338 e. The first-order valence-electron chi connectivity index (χ1n) is 8.21. The molecule has 0 bridgehead atoms. The highest BCUT2D eigenvalue weighted by molar-refractivity contribution is 5.90. The highest BCUT2D eigenvalue weighted by Gasteiger charge is 2.15. The number of rotatable bonds is 5. The van der Waals surface area contributed by atoms with Gasteiger partial charge in [-0.25, -0.2) is 9.78 Å². The number of aromatic amines is 1. The lowest BCUT2D eigenvalue weighted by Gasteiger charge is -2.12. The lowest BCUT2D eigenvalue weighted by molar-refractivity contribution is 0.0503. The zero-order chi connectivity index (χ0) is 19.4. The van der Waals surface area contributed by atoms with Crippen molar-refractivity contribution in [2.24, 2.45) is 0 Å². The van der Waals surface area contributed by atoms with Crippen LogP contribution in [-0.2, 0) is 4.74 Å². The average Bonchev–Trinajstić information content (AvgIpc) is 3.10. The van der Waals surface area contributed by atoms with Crippen LogP contribution >= 0.6 is 0 Å². The SMILES string of the molecule is CN(C)c1ccc(C(=O)OC/C(O)=C(\C#N)c2nc3ccccc3[nH]2)cc1. The van der Waals surface area contributed by atoms with E-state index in [0.29, 0.717) is 11.1 Å². The quantitative estimate of drug-likeness (QED) is 0.410. The number of nitriles is 1. The van der Waals surface area contributed by atoms with E-state index in [9.17, 15) is 15.2 Å². The Morgan fingerprint density at radius 1 is 1.22 bits per heavy atom. The van der Waals surface area contributed by atoms with Gasteiger partial charge in [0.2, 0.25) is 0 Å². The van der Waals surface area contributed by atoms with Gasteiger partial charge in [0, 0.05) is 19.8 Å². The van der Waals surface area contributed by atoms with Crippen LogP contribution in [0, 0.1) is 11.3 Å². The molecule has 1 heterocycles. The Morgan fingerprint density at radius 2 is 1.93 bits per heavy atom. The van der Waals surface area contributed by atoms with Gasteiger partial charge in [0.15, 0.2) is 11.6 Å². The Balaban J connectivity index is 1.74. The molecule has 1 aromatic heterocycles. The number of nitrogens with zero attached hydrogens (tertiary/aromatic N) is 3. The molecule has 7 heteroatoms. The van der Waals surface area contributed by atoms with Gasteiger partial charge in [-0.3, -0.25) is 0 Å². The Morgan fingerprint density at radius 3 is 2.56 bits per heavy atom. The molecule has 0 fully saturated rings. The van der Waals surface area contributed by atoms with Crippen LogP contribution in [-0.4, -0.2) is 41.7 Å². The third-order valence-electron chi connectivity index (χ3n) is 3.99. The van der Waals surface area contributed by atoms with Crippen LogP contribution in [0.15, 0.2) is 54.3 Å². The summed E-state index contributed by atoms with van der Waals surface area (Å²) in [5, 5.41) is 19.6. The van der Waals surface area contributed by atoms with E-state index in [-0.39, 0.29) is 17.2 Å². The Labute approximate surface area is 156 Å². The number of benzene rings is 2. The van der Waals surface area contributed by atoms with E-state index in [1.54, 1.807) is 30.3 Å². The lowest BCUT2D eigenvalue weighted by atomic mass is 10.2. The number of carbonyl (C=O) groups is 1. The average molecular weight is 362 g/mol. The normalized spacial score (nSPS) is 11.6. The molecule has 0 atom stereocenters. The minimum absolute atomic E-state index is 0.0676. The monoisotopic (exact) mass is 362 g/mol. The molecule has 3 aromatic rings. The minimum atomic E-state index is -0.589. The second-order valence-corrected chi connectivity index (χ2v) is 6.05. The van der Waals surface area contributed by atoms with E-state index in [2.05, 4.69) is 9.97 Å². The molecule has 2 aromatic carbocycles. The maximum atomic E-state index is 12.1. The fourth-order valence-corrected chi connectivity index (χ4v) is 2.51. The molecule has 0 saturated heterocycles. The second kappa shape index (κ2) is 7.62. The molecular formula is C20H18N4O3. The van der Waals surface area contributed by atoms with Crippen molar-refractivity contribution in [3.63, 3.8) is 0 Å². The Hall–Kier alpha value is -3.79. The molecular weight excluding hydrogens is 344 g/mol. The summed E-state index contributed by atoms with van der Waals surface area (Å²) in [6.45, 7) is -0.422. The molecule has 2 N–H and O–H groups in total. The molecule has 0 spiro atoms. The first kappa shape index (κ1) is 18.0. The largest absolute Gasteiger partial charge is 0.507 e. The van der Waals surface area contributed by atoms with Gasteiger partial charge in [-0.2, -0.15) is 5.26 Å². The molecule has 3 rings (SSSR count). The summed E-state index contributed by atoms with van der Waals surface area (Å²) in [5.41, 5.74) is 2.65. The summed E-state index contributed by atoms with van der Waals surface area (Å²) in [6.07, 6.45) is 0. The Kier molecular flexibility index (Phi) is 5.08. The summed E-state index contributed by atoms with van der Waals surface area (Å²) in [6, 6.07) is 16.0. The van der Waals surface area contributed by atoms with Crippen molar-refractivity contribution in [1.29, 1.82) is 5.26 Å². The van der Waals surface area contributed by atoms with Crippen LogP contribution in [0.3, 0.4) is 0 Å². The van der Waals surface area contributed by atoms with Gasteiger partial charge in [0.1, 0.15) is 18.2 Å². The number of hydrogen-bond donors (Lipinski definition) is 2. The topological polar surface area (TPSA) is 102 Å². The van der Waals surface area contributed by atoms with Gasteiger partial charge < -0.3 is 19.7 Å². The second-order valence-electron chi connectivity index (χ2n) is 6.05. The highest BCUT2D eigenvalue weighted by atomic mass is 16.5. The number of hydrogen-bond acceptors (Lipinski definition) is 6. The fourth-order valence-electron chi connectivity index (χ4n) is 2.51. The standard InChI is InChI=1S/C20H18N4O3/c1-24(2)14-9-7-13(8-10-14)20(26)27-12-18(25)15(11-21)19-22-16-5-3-4-6-17(16)23-19/h3-10,25H,12H2,1-2H3,(H,22,23)/b18-15-. The van der Waals surface area contributed by atoms with Crippen molar-refractivity contribution in [2.75, 3.05) is 25.6 Å². The molecule has 0 aliphatic rings. The van der Waals surface area contributed by atoms with Crippen LogP contribution < -0.4 is 4.90 Å². The number of aliphatic hydroxyl groups excluding tert-OH is 1. The molecule has 0 saturated carbocycles. The maximum Gasteiger partial charge on any atom is 0.338 e. The van der Waals surface area contributed by atoms with E-state index in [4.69, 9.17) is 4.74 Å². The first-order valence-corrected chi connectivity index (χ1v) is 8.21. The van der Waals surface area contributed by atoms with Crippen molar-refractivity contribution < 1.29 is 14.6 Å². The number of esters is 1. The van der Waals surface area contributed by atoms with Gasteiger partial charge in [-0.15, -0.1) is 0 Å². The van der Waals surface area contributed by atoms with E-state index in [1.807, 2.05) is 43.3 Å². The number of H-pyrrole nitrogens is 1. The van der Waals surface area contributed by atoms with Crippen LogP contribution in [0.1, 0.15) is 16.2 Å². The summed E-state index contributed by atoms with van der Waals surface area (Å²) in [7, 11) is 3.80. The number of aromatic nitrogens is 2. The molecule has 0 amide bonds. The third-order valence-corrected chi connectivity index (χ3v) is 3.99. The number of anilines is 1. The van der Waals surface area contributed by atoms with Gasteiger partial charge in [-0.05, 0) is 36.4 Å². The lowest BCUT2D eigenvalue weighted by Crippen LogP contribution is -2.11. The van der Waals surface area contributed by atoms with Gasteiger partial charge >= 0.3 is 5.97 Å². The van der Waals surface area contributed by atoms with E-state index in [1.165, 1.54) is 0 Å². The summed E-state index contributed by atoms with van der Waals surface area (Å²) in [4.78, 5) is 21.3. The number of nitrogens with one attached hydrogen (secondary N) is 1. The molecule has 0 unspecified atom stereocenters. The Bertz CT molecular complexity index is 1010. The summed E-state index contributed by atoms with van der Waals surface area (Å²) in [5.74, 6) is -0.730. The van der Waals surface area contributed by atoms with Crippen LogP contribution in [0.25, 0.3) is 16.6 Å². The summed E-state index contributed by atoms with van der Waals surface area (Å²) >= 11 is 0.